The van der Waals surface area contributed by atoms with Gasteiger partial charge in [0.2, 0.25) is 11.1 Å². The van der Waals surface area contributed by atoms with Gasteiger partial charge in [0.15, 0.2) is 0 Å². The largest absolute Gasteiger partial charge is 0.467 e. The summed E-state index contributed by atoms with van der Waals surface area (Å²) in [5.41, 5.74) is 3.09. The molecule has 0 radical (unpaired) electrons. The fourth-order valence-electron chi connectivity index (χ4n) is 2.41. The van der Waals surface area contributed by atoms with Crippen molar-refractivity contribution < 1.29 is 14.3 Å². The molecule has 2 unspecified atom stereocenters. The van der Waals surface area contributed by atoms with Gasteiger partial charge >= 0.3 is 5.97 Å². The van der Waals surface area contributed by atoms with Crippen molar-refractivity contribution in [3.8, 4) is 5.75 Å². The third kappa shape index (κ3) is 2.95. The van der Waals surface area contributed by atoms with Crippen molar-refractivity contribution >= 4 is 23.8 Å². The summed E-state index contributed by atoms with van der Waals surface area (Å²) in [6.07, 6.45) is 3.85. The van der Waals surface area contributed by atoms with Crippen LogP contribution in [-0.4, -0.2) is 30.4 Å². The van der Waals surface area contributed by atoms with Crippen LogP contribution in [0.4, 0.5) is 0 Å². The fourth-order valence-corrected chi connectivity index (χ4v) is 2.66. The second-order valence-corrected chi connectivity index (χ2v) is 5.74. The number of hydrogen-bond acceptors (Lipinski definition) is 4. The lowest BCUT2D eigenvalue weighted by Gasteiger charge is -2.30. The number of aryl methyl sites for hydroxylation is 3. The Morgan fingerprint density at radius 2 is 1.90 bits per heavy atom. The molecule has 0 saturated carbocycles. The Kier molecular flexibility index (Phi) is 4.37. The zero-order valence-electron chi connectivity index (χ0n) is 12.5. The maximum absolute atomic E-state index is 12.0. The highest BCUT2D eigenvalue weighted by Gasteiger charge is 2.46. The second kappa shape index (κ2) is 5.90. The van der Waals surface area contributed by atoms with Crippen LogP contribution >= 0.6 is 11.6 Å². The first kappa shape index (κ1) is 15.6. The van der Waals surface area contributed by atoms with Gasteiger partial charge in [0.1, 0.15) is 5.75 Å². The van der Waals surface area contributed by atoms with E-state index in [0.29, 0.717) is 5.75 Å². The molecule has 1 aromatic rings. The summed E-state index contributed by atoms with van der Waals surface area (Å²) in [5, 5.41) is 0. The van der Waals surface area contributed by atoms with Gasteiger partial charge in [0.05, 0.1) is 7.11 Å². The van der Waals surface area contributed by atoms with E-state index in [2.05, 4.69) is 4.99 Å². The quantitative estimate of drug-likeness (QED) is 0.637. The minimum absolute atomic E-state index is 0.593. The van der Waals surface area contributed by atoms with E-state index in [4.69, 9.17) is 21.1 Å². The number of carbonyl (C=O) groups is 1. The lowest BCUT2D eigenvalue weighted by Crippen LogP contribution is -2.47. The van der Waals surface area contributed by atoms with Gasteiger partial charge in [0.25, 0.3) is 0 Å². The summed E-state index contributed by atoms with van der Waals surface area (Å²) >= 11 is 6.38. The Morgan fingerprint density at radius 1 is 1.29 bits per heavy atom. The zero-order valence-corrected chi connectivity index (χ0v) is 13.3. The van der Waals surface area contributed by atoms with Gasteiger partial charge in [0, 0.05) is 6.21 Å². The normalized spacial score (nSPS) is 24.0. The van der Waals surface area contributed by atoms with Gasteiger partial charge in [-0.1, -0.05) is 29.3 Å². The molecule has 1 heterocycles. The minimum Gasteiger partial charge on any atom is -0.467 e. The Labute approximate surface area is 129 Å². The molecule has 0 fully saturated rings. The van der Waals surface area contributed by atoms with E-state index in [1.165, 1.54) is 13.2 Å². The summed E-state index contributed by atoms with van der Waals surface area (Å²) in [6.45, 7) is 5.92. The molecule has 112 valence electrons. The van der Waals surface area contributed by atoms with Crippen LogP contribution in [0, 0.1) is 20.8 Å². The monoisotopic (exact) mass is 307 g/mol. The van der Waals surface area contributed by atoms with Crippen LogP contribution in [0.5, 0.6) is 5.75 Å². The summed E-state index contributed by atoms with van der Waals surface area (Å²) < 4.78 is 10.7. The number of methoxy groups -OCH3 is 1. The maximum atomic E-state index is 12.0. The fraction of sp³-hybridized carbons (Fsp3) is 0.375. The molecule has 4 nitrogen and oxygen atoms in total. The molecule has 1 aromatic carbocycles. The molecule has 1 aliphatic heterocycles. The smallest absolute Gasteiger partial charge is 0.336 e. The van der Waals surface area contributed by atoms with Crippen LogP contribution in [0.2, 0.25) is 0 Å². The van der Waals surface area contributed by atoms with Crippen LogP contribution in [-0.2, 0) is 9.53 Å². The molecular formula is C16H18ClNO3. The first-order valence-corrected chi connectivity index (χ1v) is 6.99. The van der Waals surface area contributed by atoms with Crippen molar-refractivity contribution in [2.45, 2.75) is 31.9 Å². The molecule has 0 bridgehead atoms. The highest BCUT2D eigenvalue weighted by atomic mass is 35.5. The number of halogens is 1. The average molecular weight is 308 g/mol. The van der Waals surface area contributed by atoms with Crippen molar-refractivity contribution in [2.75, 3.05) is 7.11 Å². The maximum Gasteiger partial charge on any atom is 0.336 e. The van der Waals surface area contributed by atoms with E-state index in [-0.39, 0.29) is 0 Å². The number of benzene rings is 1. The first-order valence-electron chi connectivity index (χ1n) is 6.61. The van der Waals surface area contributed by atoms with Gasteiger partial charge in [-0.2, -0.15) is 0 Å². The number of dihydropyridines is 1. The summed E-state index contributed by atoms with van der Waals surface area (Å²) in [5.74, 6) is 0.0941. The number of alkyl halides is 1. The second-order valence-electron chi connectivity index (χ2n) is 5.11. The molecule has 0 aliphatic carbocycles. The standard InChI is InChI=1S/C16H18ClNO3/c1-10-8-11(2)13(12(3)9-10)21-14-16(17,15(19)20-4)6-5-7-18-14/h5-9,14H,1-4H3. The Balaban J connectivity index is 2.36. The van der Waals surface area contributed by atoms with Crippen molar-refractivity contribution in [1.82, 2.24) is 0 Å². The number of aliphatic imine (C=N–C) groups is 1. The molecule has 0 spiro atoms. The number of carbonyl (C=O) groups excluding carboxylic acids is 1. The number of ether oxygens (including phenoxy) is 2. The van der Waals surface area contributed by atoms with Gasteiger partial charge in [-0.05, 0) is 44.1 Å². The number of rotatable bonds is 3. The Bertz CT molecular complexity index is 601. The molecule has 21 heavy (non-hydrogen) atoms. The van der Waals surface area contributed by atoms with Gasteiger partial charge < -0.3 is 9.47 Å². The molecule has 2 atom stereocenters. The van der Waals surface area contributed by atoms with Gasteiger partial charge in [-0.3, -0.25) is 0 Å². The lowest BCUT2D eigenvalue weighted by molar-refractivity contribution is -0.144. The SMILES string of the molecule is COC(=O)C1(Cl)C=CC=NC1Oc1c(C)cc(C)cc1C. The van der Waals surface area contributed by atoms with Gasteiger partial charge in [-0.25, -0.2) is 9.79 Å². The average Bonchev–Trinajstić information content (AvgIpc) is 2.43. The van der Waals surface area contributed by atoms with Crippen LogP contribution in [0.15, 0.2) is 29.3 Å². The van der Waals surface area contributed by atoms with E-state index in [1.807, 2.05) is 32.9 Å². The Hall–Kier alpha value is -1.81. The predicted octanol–water partition coefficient (Wildman–Crippen LogP) is 3.11. The predicted molar refractivity (Wildman–Crippen MR) is 83.3 cm³/mol. The van der Waals surface area contributed by atoms with Crippen molar-refractivity contribution in [2.24, 2.45) is 4.99 Å². The summed E-state index contributed by atoms with van der Waals surface area (Å²) in [4.78, 5) is 14.7. The summed E-state index contributed by atoms with van der Waals surface area (Å²) in [7, 11) is 1.29. The topological polar surface area (TPSA) is 47.9 Å². The lowest BCUT2D eigenvalue weighted by atomic mass is 10.0. The first-order chi connectivity index (χ1) is 9.88. The number of esters is 1. The third-order valence-electron chi connectivity index (χ3n) is 3.34. The van der Waals surface area contributed by atoms with Crippen LogP contribution < -0.4 is 4.74 Å². The van der Waals surface area contributed by atoms with Crippen molar-refractivity contribution in [3.63, 3.8) is 0 Å². The zero-order chi connectivity index (χ0) is 15.6. The third-order valence-corrected chi connectivity index (χ3v) is 3.81. The molecule has 1 aliphatic rings. The molecule has 0 N–H and O–H groups in total. The molecule has 0 aromatic heterocycles. The number of hydrogen-bond donors (Lipinski definition) is 0. The van der Waals surface area contributed by atoms with Crippen LogP contribution in [0.1, 0.15) is 16.7 Å². The Morgan fingerprint density at radius 3 is 2.48 bits per heavy atom. The van der Waals surface area contributed by atoms with E-state index in [0.717, 1.165) is 16.7 Å². The minimum atomic E-state index is -1.45. The molecule has 2 rings (SSSR count). The van der Waals surface area contributed by atoms with Crippen LogP contribution in [0.25, 0.3) is 0 Å². The van der Waals surface area contributed by atoms with E-state index in [9.17, 15) is 4.79 Å². The molecule has 0 amide bonds. The highest BCUT2D eigenvalue weighted by Crippen LogP contribution is 2.33. The van der Waals surface area contributed by atoms with E-state index < -0.39 is 17.1 Å². The van der Waals surface area contributed by atoms with Crippen LogP contribution in [0.3, 0.4) is 0 Å². The summed E-state index contributed by atoms with van der Waals surface area (Å²) in [6, 6.07) is 4.03. The molecule has 5 heteroatoms. The van der Waals surface area contributed by atoms with E-state index in [1.54, 1.807) is 12.3 Å². The van der Waals surface area contributed by atoms with Crippen molar-refractivity contribution in [1.29, 1.82) is 0 Å². The molecule has 0 saturated heterocycles. The number of allylic oxidation sites excluding steroid dienone is 1. The molecular weight excluding hydrogens is 290 g/mol. The highest BCUT2D eigenvalue weighted by molar-refractivity contribution is 6.36. The van der Waals surface area contributed by atoms with Crippen molar-refractivity contribution in [3.05, 3.63) is 41.0 Å². The van der Waals surface area contributed by atoms with Gasteiger partial charge in [-0.15, -0.1) is 0 Å². The number of nitrogens with zero attached hydrogens (tertiary/aromatic N) is 1. The van der Waals surface area contributed by atoms with E-state index >= 15 is 0 Å².